The molecule has 1 aromatic heterocycles. The highest BCUT2D eigenvalue weighted by atomic mass is 32.2. The van der Waals surface area contributed by atoms with Gasteiger partial charge in [-0.25, -0.2) is 9.07 Å². The third kappa shape index (κ3) is 5.01. The van der Waals surface area contributed by atoms with Crippen LogP contribution in [0.5, 0.6) is 0 Å². The van der Waals surface area contributed by atoms with E-state index in [0.29, 0.717) is 17.8 Å². The molecule has 0 amide bonds. The molecule has 28 heavy (non-hydrogen) atoms. The maximum absolute atomic E-state index is 13.2. The van der Waals surface area contributed by atoms with Crippen LogP contribution >= 0.6 is 11.8 Å². The largest absolute Gasteiger partial charge is 0.294 e. The van der Waals surface area contributed by atoms with Crippen molar-refractivity contribution < 1.29 is 4.39 Å². The predicted octanol–water partition coefficient (Wildman–Crippen LogP) is 4.78. The van der Waals surface area contributed by atoms with Crippen LogP contribution in [0.1, 0.15) is 30.2 Å². The van der Waals surface area contributed by atoms with E-state index in [1.54, 1.807) is 30.1 Å². The van der Waals surface area contributed by atoms with Crippen molar-refractivity contribution in [1.82, 2.24) is 9.78 Å². The molecule has 3 aromatic rings. The fourth-order valence-corrected chi connectivity index (χ4v) is 3.61. The summed E-state index contributed by atoms with van der Waals surface area (Å²) < 4.78 is 14.6. The second-order valence-electron chi connectivity index (χ2n) is 6.57. The number of H-pyrrole nitrogens is 1. The Balaban J connectivity index is 1.71. The standard InChI is InChI=1S/C22H24FN3OS/c1-3-4-21-20(15-24-13-14-28-19-11-5-16(2)6-12-19)22(27)26(25-21)18-9-7-17(23)8-10-18/h5-12,15,25H,3-4,13-14H2,1-2H3. The van der Waals surface area contributed by atoms with Gasteiger partial charge in [-0.05, 0) is 49.7 Å². The molecule has 0 aliphatic heterocycles. The van der Waals surface area contributed by atoms with E-state index >= 15 is 0 Å². The van der Waals surface area contributed by atoms with Crippen molar-refractivity contribution >= 4 is 18.0 Å². The first kappa shape index (κ1) is 20.1. The Labute approximate surface area is 168 Å². The number of aliphatic imine (C=N–C) groups is 1. The summed E-state index contributed by atoms with van der Waals surface area (Å²) in [5.74, 6) is 0.518. The number of hydrogen-bond donors (Lipinski definition) is 1. The number of halogens is 1. The molecule has 0 atom stereocenters. The van der Waals surface area contributed by atoms with Crippen LogP contribution in [0.15, 0.2) is 63.2 Å². The van der Waals surface area contributed by atoms with Crippen LogP contribution in [0, 0.1) is 12.7 Å². The molecule has 0 spiro atoms. The number of nitrogens with zero attached hydrogens (tertiary/aromatic N) is 2. The van der Waals surface area contributed by atoms with Gasteiger partial charge in [0.05, 0.1) is 11.3 Å². The van der Waals surface area contributed by atoms with Gasteiger partial charge in [0, 0.05) is 29.1 Å². The van der Waals surface area contributed by atoms with Crippen molar-refractivity contribution in [3.8, 4) is 5.69 Å². The Hall–Kier alpha value is -2.60. The molecule has 6 heteroatoms. The highest BCUT2D eigenvalue weighted by Crippen LogP contribution is 2.17. The minimum atomic E-state index is -0.329. The lowest BCUT2D eigenvalue weighted by Crippen LogP contribution is -2.17. The van der Waals surface area contributed by atoms with Gasteiger partial charge in [0.15, 0.2) is 0 Å². The van der Waals surface area contributed by atoms with Gasteiger partial charge in [-0.1, -0.05) is 31.0 Å². The SMILES string of the molecule is CCCc1[nH]n(-c2ccc(F)cc2)c(=O)c1C=NCCSc1ccc(C)cc1. The zero-order valence-electron chi connectivity index (χ0n) is 16.1. The van der Waals surface area contributed by atoms with Crippen molar-refractivity contribution in [3.63, 3.8) is 0 Å². The molecule has 0 radical (unpaired) electrons. The number of benzene rings is 2. The predicted molar refractivity (Wildman–Crippen MR) is 115 cm³/mol. The van der Waals surface area contributed by atoms with Crippen LogP contribution < -0.4 is 5.56 Å². The molecule has 0 unspecified atom stereocenters. The van der Waals surface area contributed by atoms with Gasteiger partial charge >= 0.3 is 0 Å². The van der Waals surface area contributed by atoms with E-state index in [2.05, 4.69) is 48.2 Å². The lowest BCUT2D eigenvalue weighted by molar-refractivity contribution is 0.626. The Morgan fingerprint density at radius 3 is 2.54 bits per heavy atom. The molecule has 1 heterocycles. The third-order valence-corrected chi connectivity index (χ3v) is 5.31. The summed E-state index contributed by atoms with van der Waals surface area (Å²) in [5.41, 5.74) is 3.12. The van der Waals surface area contributed by atoms with Gasteiger partial charge in [-0.3, -0.25) is 14.9 Å². The first-order valence-corrected chi connectivity index (χ1v) is 10.4. The minimum Gasteiger partial charge on any atom is -0.294 e. The van der Waals surface area contributed by atoms with E-state index < -0.39 is 0 Å². The molecule has 0 aliphatic rings. The molecular formula is C22H24FN3OS. The fourth-order valence-electron chi connectivity index (χ4n) is 2.85. The van der Waals surface area contributed by atoms with Crippen LogP contribution in [-0.2, 0) is 6.42 Å². The Kier molecular flexibility index (Phi) is 6.87. The quantitative estimate of drug-likeness (QED) is 0.338. The zero-order valence-corrected chi connectivity index (χ0v) is 16.9. The van der Waals surface area contributed by atoms with Crippen molar-refractivity contribution in [2.24, 2.45) is 4.99 Å². The molecule has 3 rings (SSSR count). The second-order valence-corrected chi connectivity index (χ2v) is 7.74. The summed E-state index contributed by atoms with van der Waals surface area (Å²) in [6.45, 7) is 4.76. The summed E-state index contributed by atoms with van der Waals surface area (Å²) in [6.07, 6.45) is 3.33. The van der Waals surface area contributed by atoms with E-state index in [1.165, 1.54) is 27.3 Å². The van der Waals surface area contributed by atoms with Crippen LogP contribution in [0.3, 0.4) is 0 Å². The Morgan fingerprint density at radius 2 is 1.86 bits per heavy atom. The second kappa shape index (κ2) is 9.55. The first-order chi connectivity index (χ1) is 13.6. The topological polar surface area (TPSA) is 50.1 Å². The molecule has 1 N–H and O–H groups in total. The van der Waals surface area contributed by atoms with E-state index in [1.807, 2.05) is 0 Å². The average Bonchev–Trinajstić information content (AvgIpc) is 3.00. The molecule has 0 aliphatic carbocycles. The molecule has 4 nitrogen and oxygen atoms in total. The van der Waals surface area contributed by atoms with Crippen molar-refractivity contribution in [2.75, 3.05) is 12.3 Å². The Morgan fingerprint density at radius 1 is 1.14 bits per heavy atom. The lowest BCUT2D eigenvalue weighted by Gasteiger charge is -2.01. The summed E-state index contributed by atoms with van der Waals surface area (Å²) in [4.78, 5) is 18.5. The number of aromatic amines is 1. The number of rotatable bonds is 8. The van der Waals surface area contributed by atoms with E-state index in [0.717, 1.165) is 24.3 Å². The van der Waals surface area contributed by atoms with Gasteiger partial charge in [-0.15, -0.1) is 11.8 Å². The van der Waals surface area contributed by atoms with E-state index in [4.69, 9.17) is 0 Å². The molecule has 2 aromatic carbocycles. The van der Waals surface area contributed by atoms with E-state index in [9.17, 15) is 9.18 Å². The number of aryl methyl sites for hydroxylation is 2. The summed E-state index contributed by atoms with van der Waals surface area (Å²) in [5, 5.41) is 3.14. The van der Waals surface area contributed by atoms with Crippen LogP contribution in [0.2, 0.25) is 0 Å². The molecular weight excluding hydrogens is 373 g/mol. The number of hydrogen-bond acceptors (Lipinski definition) is 3. The van der Waals surface area contributed by atoms with Gasteiger partial charge < -0.3 is 0 Å². The normalized spacial score (nSPS) is 11.4. The number of aromatic nitrogens is 2. The number of nitrogens with one attached hydrogen (secondary N) is 1. The molecule has 0 fully saturated rings. The van der Waals surface area contributed by atoms with Crippen LogP contribution in [-0.4, -0.2) is 28.3 Å². The first-order valence-electron chi connectivity index (χ1n) is 9.37. The highest BCUT2D eigenvalue weighted by molar-refractivity contribution is 7.99. The van der Waals surface area contributed by atoms with E-state index in [-0.39, 0.29) is 11.4 Å². The van der Waals surface area contributed by atoms with Gasteiger partial charge in [0.2, 0.25) is 0 Å². The highest BCUT2D eigenvalue weighted by Gasteiger charge is 2.13. The average molecular weight is 398 g/mol. The maximum Gasteiger partial charge on any atom is 0.280 e. The summed E-state index contributed by atoms with van der Waals surface area (Å²) >= 11 is 1.75. The van der Waals surface area contributed by atoms with Crippen molar-refractivity contribution in [3.05, 3.63) is 81.5 Å². The van der Waals surface area contributed by atoms with Crippen molar-refractivity contribution in [1.29, 1.82) is 0 Å². The smallest absolute Gasteiger partial charge is 0.280 e. The van der Waals surface area contributed by atoms with Crippen molar-refractivity contribution in [2.45, 2.75) is 31.6 Å². The molecule has 0 saturated heterocycles. The van der Waals surface area contributed by atoms with Gasteiger partial charge in [0.25, 0.3) is 5.56 Å². The molecule has 146 valence electrons. The minimum absolute atomic E-state index is 0.162. The third-order valence-electron chi connectivity index (χ3n) is 4.32. The van der Waals surface area contributed by atoms with Gasteiger partial charge in [0.1, 0.15) is 5.82 Å². The maximum atomic E-state index is 13.2. The molecule has 0 bridgehead atoms. The fraction of sp³-hybridized carbons (Fsp3) is 0.273. The molecule has 0 saturated carbocycles. The summed E-state index contributed by atoms with van der Waals surface area (Å²) in [7, 11) is 0. The Bertz CT molecular complexity index is 988. The zero-order chi connectivity index (χ0) is 19.9. The number of thioether (sulfide) groups is 1. The van der Waals surface area contributed by atoms with Gasteiger partial charge in [-0.2, -0.15) is 0 Å². The van der Waals surface area contributed by atoms with Crippen LogP contribution in [0.25, 0.3) is 5.69 Å². The monoisotopic (exact) mass is 397 g/mol. The lowest BCUT2D eigenvalue weighted by atomic mass is 10.2. The van der Waals surface area contributed by atoms with Crippen LogP contribution in [0.4, 0.5) is 4.39 Å². The summed E-state index contributed by atoms with van der Waals surface area (Å²) in [6, 6.07) is 14.3.